The van der Waals surface area contributed by atoms with Crippen LogP contribution in [0.15, 0.2) is 42.6 Å². The number of nitro benzene ring substituents is 1. The first-order chi connectivity index (χ1) is 14.7. The van der Waals surface area contributed by atoms with Gasteiger partial charge in [0, 0.05) is 17.6 Å². The van der Waals surface area contributed by atoms with Crippen LogP contribution in [-0.4, -0.2) is 29.6 Å². The number of anilines is 2. The lowest BCUT2D eigenvalue weighted by atomic mass is 10.1. The van der Waals surface area contributed by atoms with Gasteiger partial charge in [-0.3, -0.25) is 15.1 Å². The van der Waals surface area contributed by atoms with Gasteiger partial charge < -0.3 is 14.8 Å². The monoisotopic (exact) mass is 435 g/mol. The number of alkyl halides is 3. The SMILES string of the molecule is CCOC(=O)c1cnc2cc(C(F)(F)F)ccc2c1Nc1ccc([N+](=O)[O-])cc1OC. The number of hydrogen-bond donors (Lipinski definition) is 1. The molecule has 0 amide bonds. The van der Waals surface area contributed by atoms with Gasteiger partial charge in [0.1, 0.15) is 11.3 Å². The van der Waals surface area contributed by atoms with Crippen molar-refractivity contribution in [2.75, 3.05) is 19.0 Å². The number of carbonyl (C=O) groups is 1. The van der Waals surface area contributed by atoms with Crippen LogP contribution in [-0.2, 0) is 10.9 Å². The Morgan fingerprint density at radius 2 is 1.97 bits per heavy atom. The number of nitrogens with one attached hydrogen (secondary N) is 1. The Hall–Kier alpha value is -3.89. The highest BCUT2D eigenvalue weighted by Gasteiger charge is 2.31. The molecule has 0 saturated carbocycles. The van der Waals surface area contributed by atoms with Crippen molar-refractivity contribution in [1.82, 2.24) is 4.98 Å². The molecule has 0 atom stereocenters. The molecule has 162 valence electrons. The van der Waals surface area contributed by atoms with Gasteiger partial charge in [0.2, 0.25) is 0 Å². The van der Waals surface area contributed by atoms with Crippen LogP contribution in [0.3, 0.4) is 0 Å². The number of benzene rings is 2. The van der Waals surface area contributed by atoms with Gasteiger partial charge in [-0.05, 0) is 25.1 Å². The van der Waals surface area contributed by atoms with Crippen molar-refractivity contribution in [3.05, 3.63) is 63.8 Å². The zero-order chi connectivity index (χ0) is 22.8. The summed E-state index contributed by atoms with van der Waals surface area (Å²) < 4.78 is 49.5. The molecule has 0 aliphatic carbocycles. The molecule has 0 radical (unpaired) electrons. The van der Waals surface area contributed by atoms with E-state index in [1.165, 1.54) is 31.4 Å². The standard InChI is InChI=1S/C20H16F3N3O5/c1-3-31-19(27)14-10-24-16-8-11(20(21,22)23)4-6-13(16)18(14)25-15-7-5-12(26(28)29)9-17(15)30-2/h4-10H,3H2,1-2H3,(H,24,25). The number of methoxy groups -OCH3 is 1. The summed E-state index contributed by atoms with van der Waals surface area (Å²) in [7, 11) is 1.30. The van der Waals surface area contributed by atoms with Gasteiger partial charge in [0.05, 0.1) is 47.2 Å². The number of carbonyl (C=O) groups excluding carboxylic acids is 1. The van der Waals surface area contributed by atoms with Gasteiger partial charge >= 0.3 is 12.1 Å². The molecule has 31 heavy (non-hydrogen) atoms. The van der Waals surface area contributed by atoms with Crippen molar-refractivity contribution in [2.45, 2.75) is 13.1 Å². The van der Waals surface area contributed by atoms with E-state index in [1.54, 1.807) is 6.92 Å². The zero-order valence-electron chi connectivity index (χ0n) is 16.3. The Morgan fingerprint density at radius 3 is 2.58 bits per heavy atom. The summed E-state index contributed by atoms with van der Waals surface area (Å²) in [5.74, 6) is -0.638. The van der Waals surface area contributed by atoms with E-state index in [4.69, 9.17) is 9.47 Å². The summed E-state index contributed by atoms with van der Waals surface area (Å²) in [6.45, 7) is 1.68. The molecule has 8 nitrogen and oxygen atoms in total. The largest absolute Gasteiger partial charge is 0.494 e. The fraction of sp³-hybridized carbons (Fsp3) is 0.200. The first kappa shape index (κ1) is 21.8. The topological polar surface area (TPSA) is 104 Å². The van der Waals surface area contributed by atoms with Crippen molar-refractivity contribution in [3.63, 3.8) is 0 Å². The molecule has 0 aliphatic heterocycles. The maximum absolute atomic E-state index is 13.1. The summed E-state index contributed by atoms with van der Waals surface area (Å²) in [4.78, 5) is 26.8. The van der Waals surface area contributed by atoms with Crippen LogP contribution in [0.2, 0.25) is 0 Å². The predicted octanol–water partition coefficient (Wildman–Crippen LogP) is 5.09. The molecule has 0 unspecified atom stereocenters. The number of pyridine rings is 1. The lowest BCUT2D eigenvalue weighted by Crippen LogP contribution is -2.10. The van der Waals surface area contributed by atoms with Crippen LogP contribution < -0.4 is 10.1 Å². The third-order valence-electron chi connectivity index (χ3n) is 4.35. The molecule has 1 heterocycles. The second kappa shape index (κ2) is 8.46. The van der Waals surface area contributed by atoms with Crippen molar-refractivity contribution in [3.8, 4) is 5.75 Å². The highest BCUT2D eigenvalue weighted by molar-refractivity contribution is 6.06. The number of nitro groups is 1. The average Bonchev–Trinajstić information content (AvgIpc) is 2.73. The molecule has 3 rings (SSSR count). The van der Waals surface area contributed by atoms with E-state index in [0.717, 1.165) is 18.3 Å². The lowest BCUT2D eigenvalue weighted by Gasteiger charge is -2.17. The van der Waals surface area contributed by atoms with Gasteiger partial charge in [-0.2, -0.15) is 13.2 Å². The van der Waals surface area contributed by atoms with Crippen molar-refractivity contribution in [1.29, 1.82) is 0 Å². The minimum Gasteiger partial charge on any atom is -0.494 e. The molecule has 1 aromatic heterocycles. The number of rotatable bonds is 6. The highest BCUT2D eigenvalue weighted by atomic mass is 19.4. The van der Waals surface area contributed by atoms with Crippen LogP contribution in [0.1, 0.15) is 22.8 Å². The third kappa shape index (κ3) is 4.49. The average molecular weight is 435 g/mol. The number of hydrogen-bond acceptors (Lipinski definition) is 7. The van der Waals surface area contributed by atoms with E-state index in [2.05, 4.69) is 10.3 Å². The number of aromatic nitrogens is 1. The minimum absolute atomic E-state index is 0.00810. The van der Waals surface area contributed by atoms with Gasteiger partial charge in [0.15, 0.2) is 0 Å². The number of non-ortho nitro benzene ring substituents is 1. The fourth-order valence-corrected chi connectivity index (χ4v) is 2.90. The van der Waals surface area contributed by atoms with E-state index in [9.17, 15) is 28.1 Å². The Morgan fingerprint density at radius 1 is 1.23 bits per heavy atom. The minimum atomic E-state index is -4.56. The molecule has 2 aromatic carbocycles. The van der Waals surface area contributed by atoms with E-state index in [1.807, 2.05) is 0 Å². The molecular formula is C20H16F3N3O5. The molecular weight excluding hydrogens is 419 g/mol. The lowest BCUT2D eigenvalue weighted by molar-refractivity contribution is -0.384. The van der Waals surface area contributed by atoms with E-state index in [0.29, 0.717) is 0 Å². The Balaban J connectivity index is 2.19. The van der Waals surface area contributed by atoms with Crippen LogP contribution >= 0.6 is 0 Å². The maximum atomic E-state index is 13.1. The number of esters is 1. The molecule has 0 spiro atoms. The second-order valence-electron chi connectivity index (χ2n) is 6.26. The first-order valence-corrected chi connectivity index (χ1v) is 8.92. The summed E-state index contributed by atoms with van der Waals surface area (Å²) in [6.07, 6.45) is -3.45. The van der Waals surface area contributed by atoms with Crippen molar-refractivity contribution < 1.29 is 32.4 Å². The number of nitrogens with zero attached hydrogens (tertiary/aromatic N) is 2. The Bertz CT molecular complexity index is 1160. The van der Waals surface area contributed by atoms with Gasteiger partial charge in [-0.25, -0.2) is 4.79 Å². The third-order valence-corrected chi connectivity index (χ3v) is 4.35. The maximum Gasteiger partial charge on any atom is 0.416 e. The number of halogens is 3. The van der Waals surface area contributed by atoms with Gasteiger partial charge in [-0.1, -0.05) is 6.07 Å². The number of ether oxygens (including phenoxy) is 2. The zero-order valence-corrected chi connectivity index (χ0v) is 16.3. The van der Waals surface area contributed by atoms with Crippen LogP contribution in [0.25, 0.3) is 10.9 Å². The summed E-state index contributed by atoms with van der Waals surface area (Å²) >= 11 is 0. The van der Waals surface area contributed by atoms with Crippen molar-refractivity contribution >= 4 is 33.9 Å². The summed E-state index contributed by atoms with van der Waals surface area (Å²) in [5.41, 5.74) is -0.756. The number of fused-ring (bicyclic) bond motifs is 1. The van der Waals surface area contributed by atoms with E-state index < -0.39 is 22.6 Å². The van der Waals surface area contributed by atoms with E-state index >= 15 is 0 Å². The molecule has 0 aliphatic rings. The van der Waals surface area contributed by atoms with E-state index in [-0.39, 0.29) is 45.9 Å². The Kier molecular flexibility index (Phi) is 5.95. The fourth-order valence-electron chi connectivity index (χ4n) is 2.90. The molecule has 3 aromatic rings. The molecule has 11 heteroatoms. The smallest absolute Gasteiger partial charge is 0.416 e. The summed E-state index contributed by atoms with van der Waals surface area (Å²) in [6, 6.07) is 6.69. The second-order valence-corrected chi connectivity index (χ2v) is 6.26. The van der Waals surface area contributed by atoms with Crippen LogP contribution in [0.5, 0.6) is 5.75 Å². The highest BCUT2D eigenvalue weighted by Crippen LogP contribution is 2.37. The van der Waals surface area contributed by atoms with Gasteiger partial charge in [0.25, 0.3) is 5.69 Å². The predicted molar refractivity (Wildman–Crippen MR) is 106 cm³/mol. The van der Waals surface area contributed by atoms with Crippen LogP contribution in [0.4, 0.5) is 30.2 Å². The molecule has 0 bridgehead atoms. The normalized spacial score (nSPS) is 11.3. The summed E-state index contributed by atoms with van der Waals surface area (Å²) in [5, 5.41) is 14.2. The van der Waals surface area contributed by atoms with Crippen molar-refractivity contribution in [2.24, 2.45) is 0 Å². The molecule has 0 fully saturated rings. The van der Waals surface area contributed by atoms with Crippen LogP contribution in [0, 0.1) is 10.1 Å². The quantitative estimate of drug-likeness (QED) is 0.327. The molecule has 0 saturated heterocycles. The first-order valence-electron chi connectivity index (χ1n) is 8.92. The van der Waals surface area contributed by atoms with Gasteiger partial charge in [-0.15, -0.1) is 0 Å². The molecule has 1 N–H and O–H groups in total. The Labute approximate surface area is 173 Å².